The van der Waals surface area contributed by atoms with E-state index in [9.17, 15) is 13.2 Å². The van der Waals surface area contributed by atoms with E-state index in [4.69, 9.17) is 0 Å². The minimum Gasteiger partial charge on any atom is -0.244 e. The van der Waals surface area contributed by atoms with Gasteiger partial charge in [0.05, 0.1) is 0 Å². The first-order chi connectivity index (χ1) is 3.62. The Hall–Kier alpha value is -0.210. The Kier molecular flexibility index (Phi) is 2.87. The van der Waals surface area contributed by atoms with Gasteiger partial charge in [-0.2, -0.15) is 0 Å². The van der Waals surface area contributed by atoms with Gasteiger partial charge in [0.2, 0.25) is 0 Å². The molecule has 0 spiro atoms. The van der Waals surface area contributed by atoms with Crippen LogP contribution in [-0.2, 0) is 0 Å². The molecule has 0 bridgehead atoms. The second-order valence-electron chi connectivity index (χ2n) is 1.59. The zero-order valence-electron chi connectivity index (χ0n) is 4.46. The predicted octanol–water partition coefficient (Wildman–Crippen LogP) is 2.21. The molecule has 8 heavy (non-hydrogen) atoms. The molecule has 0 N–H and O–H groups in total. The van der Waals surface area contributed by atoms with E-state index in [0.717, 1.165) is 0 Å². The van der Waals surface area contributed by atoms with Crippen molar-refractivity contribution < 1.29 is 13.2 Å². The van der Waals surface area contributed by atoms with Crippen molar-refractivity contribution in [3.8, 4) is 0 Å². The van der Waals surface area contributed by atoms with Gasteiger partial charge in [-0.15, -0.1) is 0 Å². The molecule has 0 aromatic rings. The van der Waals surface area contributed by atoms with Gasteiger partial charge in [-0.3, -0.25) is 0 Å². The Balaban J connectivity index is 3.37. The van der Waals surface area contributed by atoms with E-state index in [1.807, 2.05) is 0 Å². The van der Waals surface area contributed by atoms with Crippen molar-refractivity contribution in [3.05, 3.63) is 6.92 Å². The largest absolute Gasteiger partial charge is 0.275 e. The molecule has 1 radical (unpaired) electrons. The smallest absolute Gasteiger partial charge is 0.244 e. The Labute approximate surface area is 46.7 Å². The van der Waals surface area contributed by atoms with Gasteiger partial charge in [0.1, 0.15) is 0 Å². The molecule has 0 aliphatic rings. The summed E-state index contributed by atoms with van der Waals surface area (Å²) in [4.78, 5) is 0. The maximum Gasteiger partial charge on any atom is 0.275 e. The van der Waals surface area contributed by atoms with Crippen LogP contribution in [0.5, 0.6) is 0 Å². The summed E-state index contributed by atoms with van der Waals surface area (Å²) in [6, 6.07) is 0. The maximum absolute atomic E-state index is 11.7. The summed E-state index contributed by atoms with van der Waals surface area (Å²) in [5.41, 5.74) is 0. The lowest BCUT2D eigenvalue weighted by atomic mass is 10.2. The lowest BCUT2D eigenvalue weighted by Crippen LogP contribution is -2.17. The Morgan fingerprint density at radius 2 is 1.88 bits per heavy atom. The van der Waals surface area contributed by atoms with Crippen molar-refractivity contribution in [1.29, 1.82) is 0 Å². The number of rotatable bonds is 3. The van der Waals surface area contributed by atoms with Crippen molar-refractivity contribution in [2.75, 3.05) is 6.67 Å². The third kappa shape index (κ3) is 2.88. The summed E-state index contributed by atoms with van der Waals surface area (Å²) < 4.78 is 34.7. The molecule has 49 valence electrons. The van der Waals surface area contributed by atoms with Crippen LogP contribution in [0.3, 0.4) is 0 Å². The zero-order chi connectivity index (χ0) is 6.62. The average molecular weight is 125 g/mol. The Morgan fingerprint density at radius 1 is 1.38 bits per heavy atom. The van der Waals surface area contributed by atoms with Crippen molar-refractivity contribution in [2.24, 2.45) is 0 Å². The lowest BCUT2D eigenvalue weighted by molar-refractivity contribution is -0.0292. The van der Waals surface area contributed by atoms with Gasteiger partial charge in [-0.25, -0.2) is 13.2 Å². The molecule has 0 aliphatic heterocycles. The molecule has 0 aliphatic carbocycles. The van der Waals surface area contributed by atoms with Gasteiger partial charge in [0.15, 0.2) is 6.67 Å². The van der Waals surface area contributed by atoms with Crippen molar-refractivity contribution in [2.45, 2.75) is 18.8 Å². The van der Waals surface area contributed by atoms with E-state index >= 15 is 0 Å². The molecule has 0 saturated heterocycles. The van der Waals surface area contributed by atoms with Crippen LogP contribution in [0, 0.1) is 6.92 Å². The first kappa shape index (κ1) is 7.79. The first-order valence-electron chi connectivity index (χ1n) is 2.35. The second-order valence-corrected chi connectivity index (χ2v) is 1.59. The van der Waals surface area contributed by atoms with E-state index in [0.29, 0.717) is 0 Å². The summed E-state index contributed by atoms with van der Waals surface area (Å²) >= 11 is 0. The highest BCUT2D eigenvalue weighted by Crippen LogP contribution is 2.19. The number of halogens is 3. The van der Waals surface area contributed by atoms with Crippen molar-refractivity contribution in [3.63, 3.8) is 0 Å². The molecule has 0 atom stereocenters. The van der Waals surface area contributed by atoms with Crippen LogP contribution < -0.4 is 0 Å². The van der Waals surface area contributed by atoms with Crippen LogP contribution in [0.15, 0.2) is 0 Å². The second kappa shape index (κ2) is 2.95. The summed E-state index contributed by atoms with van der Waals surface area (Å²) in [5.74, 6) is -3.14. The van der Waals surface area contributed by atoms with Crippen LogP contribution in [0.25, 0.3) is 0 Å². The van der Waals surface area contributed by atoms with Gasteiger partial charge in [0.25, 0.3) is 5.92 Å². The molecule has 0 aromatic carbocycles. The number of hydrogen-bond donors (Lipinski definition) is 0. The fourth-order valence-corrected chi connectivity index (χ4v) is 0.325. The summed E-state index contributed by atoms with van der Waals surface area (Å²) in [7, 11) is 0. The molecular formula is C5H8F3. The lowest BCUT2D eigenvalue weighted by Gasteiger charge is -2.08. The molecule has 0 nitrogen and oxygen atoms in total. The number of hydrogen-bond acceptors (Lipinski definition) is 0. The monoisotopic (exact) mass is 125 g/mol. The highest BCUT2D eigenvalue weighted by molar-refractivity contribution is 4.63. The third-order valence-electron chi connectivity index (χ3n) is 0.738. The molecule has 0 fully saturated rings. The molecule has 0 heterocycles. The van der Waals surface area contributed by atoms with Gasteiger partial charge in [-0.1, -0.05) is 6.92 Å². The van der Waals surface area contributed by atoms with Gasteiger partial charge < -0.3 is 0 Å². The fraction of sp³-hybridized carbons (Fsp3) is 0.800. The third-order valence-corrected chi connectivity index (χ3v) is 0.738. The zero-order valence-corrected chi connectivity index (χ0v) is 4.46. The van der Waals surface area contributed by atoms with E-state index in [-0.39, 0.29) is 6.42 Å². The van der Waals surface area contributed by atoms with Crippen LogP contribution in [0.2, 0.25) is 0 Å². The van der Waals surface area contributed by atoms with Crippen LogP contribution in [0.1, 0.15) is 12.8 Å². The first-order valence-corrected chi connectivity index (χ1v) is 2.35. The van der Waals surface area contributed by atoms with E-state index in [1.165, 1.54) is 0 Å². The molecule has 0 rings (SSSR count). The average Bonchev–Trinajstić information content (AvgIpc) is 1.67. The van der Waals surface area contributed by atoms with E-state index < -0.39 is 19.0 Å². The normalized spacial score (nSPS) is 12.0. The standard InChI is InChI=1S/C5H8F3/c1-2-3-5(7,8)4-6/h1-4H2. The van der Waals surface area contributed by atoms with Crippen LogP contribution >= 0.6 is 0 Å². The van der Waals surface area contributed by atoms with Crippen molar-refractivity contribution >= 4 is 0 Å². The molecular weight excluding hydrogens is 117 g/mol. The SMILES string of the molecule is [CH2]CCC(F)(F)CF. The van der Waals surface area contributed by atoms with E-state index in [1.54, 1.807) is 0 Å². The highest BCUT2D eigenvalue weighted by atomic mass is 19.3. The highest BCUT2D eigenvalue weighted by Gasteiger charge is 2.26. The minimum absolute atomic E-state index is 0.0803. The molecule has 0 saturated carbocycles. The predicted molar refractivity (Wildman–Crippen MR) is 25.5 cm³/mol. The van der Waals surface area contributed by atoms with E-state index in [2.05, 4.69) is 6.92 Å². The molecule has 0 amide bonds. The van der Waals surface area contributed by atoms with Gasteiger partial charge in [-0.05, 0) is 6.42 Å². The molecule has 3 heteroatoms. The molecule has 0 unspecified atom stereocenters. The Morgan fingerprint density at radius 3 is 2.00 bits per heavy atom. The summed E-state index contributed by atoms with van der Waals surface area (Å²) in [5, 5.41) is 0. The van der Waals surface area contributed by atoms with Gasteiger partial charge in [0, 0.05) is 6.42 Å². The topological polar surface area (TPSA) is 0 Å². The fourth-order valence-electron chi connectivity index (χ4n) is 0.325. The minimum atomic E-state index is -3.14. The Bertz CT molecular complexity index is 60.7. The summed E-state index contributed by atoms with van der Waals surface area (Å²) in [6.07, 6.45) is -0.375. The van der Waals surface area contributed by atoms with Crippen LogP contribution in [0.4, 0.5) is 13.2 Å². The quantitative estimate of drug-likeness (QED) is 0.542. The number of alkyl halides is 3. The van der Waals surface area contributed by atoms with Crippen LogP contribution in [-0.4, -0.2) is 12.6 Å². The maximum atomic E-state index is 11.7. The van der Waals surface area contributed by atoms with Crippen molar-refractivity contribution in [1.82, 2.24) is 0 Å². The van der Waals surface area contributed by atoms with Gasteiger partial charge >= 0.3 is 0 Å². The molecule has 0 aromatic heterocycles. The summed E-state index contributed by atoms with van der Waals surface area (Å²) in [6.45, 7) is 1.61.